The average molecular weight is 341 g/mol. The Labute approximate surface area is 145 Å². The number of esters is 1. The minimum atomic E-state index is -0.565. The van der Waals surface area contributed by atoms with Crippen LogP contribution in [0.1, 0.15) is 19.4 Å². The Morgan fingerprint density at radius 2 is 1.92 bits per heavy atom. The number of aliphatic hydroxyl groups excluding tert-OH is 1. The highest BCUT2D eigenvalue weighted by atomic mass is 16.5. The van der Waals surface area contributed by atoms with Crippen molar-refractivity contribution >= 4 is 17.5 Å². The van der Waals surface area contributed by atoms with E-state index in [0.717, 1.165) is 5.69 Å². The molecule has 0 aliphatic rings. The lowest BCUT2D eigenvalue weighted by atomic mass is 10.1. The van der Waals surface area contributed by atoms with Crippen LogP contribution < -0.4 is 0 Å². The van der Waals surface area contributed by atoms with E-state index in [1.165, 1.54) is 13.8 Å². The van der Waals surface area contributed by atoms with Crippen molar-refractivity contribution in [1.29, 1.82) is 5.41 Å². The lowest BCUT2D eigenvalue weighted by Gasteiger charge is -2.07. The Kier molecular flexibility index (Phi) is 5.84. The van der Waals surface area contributed by atoms with E-state index >= 15 is 0 Å². The maximum absolute atomic E-state index is 11.9. The molecule has 25 heavy (non-hydrogen) atoms. The molecule has 0 aliphatic heterocycles. The molecule has 0 fully saturated rings. The van der Waals surface area contributed by atoms with Crippen molar-refractivity contribution in [3.63, 3.8) is 0 Å². The lowest BCUT2D eigenvalue weighted by molar-refractivity contribution is -0.142. The summed E-state index contributed by atoms with van der Waals surface area (Å²) < 4.78 is 6.62. The highest BCUT2D eigenvalue weighted by molar-refractivity contribution is 6.19. The van der Waals surface area contributed by atoms with Crippen molar-refractivity contribution in [2.75, 3.05) is 6.61 Å². The van der Waals surface area contributed by atoms with Crippen LogP contribution in [-0.4, -0.2) is 39.0 Å². The number of aliphatic hydroxyl groups is 1. The predicted octanol–water partition coefficient (Wildman–Crippen LogP) is 2.40. The largest absolute Gasteiger partial charge is 0.508 e. The molecule has 0 atom stereocenters. The van der Waals surface area contributed by atoms with Crippen molar-refractivity contribution in [2.24, 2.45) is 0 Å². The van der Waals surface area contributed by atoms with E-state index in [2.05, 4.69) is 5.10 Å². The maximum atomic E-state index is 11.9. The van der Waals surface area contributed by atoms with Gasteiger partial charge in [0.25, 0.3) is 0 Å². The molecule has 7 heteroatoms. The van der Waals surface area contributed by atoms with Gasteiger partial charge in [0.1, 0.15) is 12.4 Å². The zero-order chi connectivity index (χ0) is 18.4. The number of rotatable bonds is 7. The zero-order valence-electron chi connectivity index (χ0n) is 14.0. The van der Waals surface area contributed by atoms with Gasteiger partial charge in [-0.2, -0.15) is 5.10 Å². The molecule has 0 spiro atoms. The van der Waals surface area contributed by atoms with Crippen molar-refractivity contribution in [3.8, 4) is 5.69 Å². The summed E-state index contributed by atoms with van der Waals surface area (Å²) in [6, 6.07) is 9.45. The van der Waals surface area contributed by atoms with Crippen LogP contribution in [0.5, 0.6) is 0 Å². The topological polar surface area (TPSA) is 105 Å². The number of ether oxygens (including phenoxy) is 1. The lowest BCUT2D eigenvalue weighted by Crippen LogP contribution is -2.15. The molecular formula is C18H19N3O4. The Morgan fingerprint density at radius 1 is 1.24 bits per heavy atom. The summed E-state index contributed by atoms with van der Waals surface area (Å²) in [4.78, 5) is 23.3. The monoisotopic (exact) mass is 341 g/mol. The normalized spacial score (nSPS) is 11.6. The molecule has 130 valence electrons. The number of allylic oxidation sites excluding steroid dienone is 1. The molecule has 1 aromatic carbocycles. The van der Waals surface area contributed by atoms with Gasteiger partial charge >= 0.3 is 5.97 Å². The Hall–Kier alpha value is -3.22. The van der Waals surface area contributed by atoms with E-state index in [4.69, 9.17) is 10.1 Å². The van der Waals surface area contributed by atoms with Crippen LogP contribution in [0.3, 0.4) is 0 Å². The van der Waals surface area contributed by atoms with Crippen molar-refractivity contribution in [2.45, 2.75) is 20.3 Å². The third-order valence-electron chi connectivity index (χ3n) is 3.39. The van der Waals surface area contributed by atoms with Gasteiger partial charge in [0.15, 0.2) is 5.78 Å². The predicted molar refractivity (Wildman–Crippen MR) is 92.0 cm³/mol. The maximum Gasteiger partial charge on any atom is 0.310 e. The number of para-hydroxylation sites is 1. The van der Waals surface area contributed by atoms with E-state index in [1.54, 1.807) is 17.1 Å². The summed E-state index contributed by atoms with van der Waals surface area (Å²) >= 11 is 0. The van der Waals surface area contributed by atoms with E-state index in [0.29, 0.717) is 5.56 Å². The van der Waals surface area contributed by atoms with E-state index < -0.39 is 24.1 Å². The summed E-state index contributed by atoms with van der Waals surface area (Å²) in [5.74, 6) is -1.44. The second kappa shape index (κ2) is 8.05. The molecule has 0 unspecified atom stereocenters. The van der Waals surface area contributed by atoms with Gasteiger partial charge in [-0.3, -0.25) is 9.59 Å². The van der Waals surface area contributed by atoms with Gasteiger partial charge < -0.3 is 15.3 Å². The van der Waals surface area contributed by atoms with Crippen LogP contribution >= 0.6 is 0 Å². The standard InChI is InChI=1S/C18H19N3O4/c1-12(19)18(13(2)22)16(23)11-25-17(24)8-14-9-20-21(10-14)15-6-4-3-5-7-15/h3-7,9-10,19,23H,8,11H2,1-2H3/b18-16+,19-12?. The molecule has 7 nitrogen and oxygen atoms in total. The number of carbonyl (C=O) groups is 2. The minimum absolute atomic E-state index is 0.0148. The highest BCUT2D eigenvalue weighted by Gasteiger charge is 2.15. The van der Waals surface area contributed by atoms with Gasteiger partial charge in [0, 0.05) is 17.5 Å². The van der Waals surface area contributed by atoms with Gasteiger partial charge in [0.05, 0.1) is 23.9 Å². The fourth-order valence-corrected chi connectivity index (χ4v) is 2.30. The zero-order valence-corrected chi connectivity index (χ0v) is 14.0. The van der Waals surface area contributed by atoms with Crippen molar-refractivity contribution in [1.82, 2.24) is 9.78 Å². The first-order chi connectivity index (χ1) is 11.9. The minimum Gasteiger partial charge on any atom is -0.508 e. The molecule has 2 N–H and O–H groups in total. The van der Waals surface area contributed by atoms with Gasteiger partial charge in [0.2, 0.25) is 0 Å². The first kappa shape index (κ1) is 18.1. The Balaban J connectivity index is 1.97. The molecular weight excluding hydrogens is 322 g/mol. The Morgan fingerprint density at radius 3 is 2.52 bits per heavy atom. The molecule has 0 aliphatic carbocycles. The number of aromatic nitrogens is 2. The second-order valence-electron chi connectivity index (χ2n) is 5.47. The quantitative estimate of drug-likeness (QED) is 0.348. The van der Waals surface area contributed by atoms with Crippen LogP contribution in [-0.2, 0) is 20.7 Å². The number of nitrogens with one attached hydrogen (secondary N) is 1. The second-order valence-corrected chi connectivity index (χ2v) is 5.47. The molecule has 0 saturated carbocycles. The van der Waals surface area contributed by atoms with Crippen LogP contribution in [0.2, 0.25) is 0 Å². The smallest absolute Gasteiger partial charge is 0.310 e. The highest BCUT2D eigenvalue weighted by Crippen LogP contribution is 2.10. The summed E-state index contributed by atoms with van der Waals surface area (Å²) in [6.45, 7) is 2.17. The van der Waals surface area contributed by atoms with Crippen LogP contribution in [0.4, 0.5) is 0 Å². The van der Waals surface area contributed by atoms with Crippen LogP contribution in [0.15, 0.2) is 54.1 Å². The summed E-state index contributed by atoms with van der Waals surface area (Å²) in [6.07, 6.45) is 3.26. The molecule has 1 heterocycles. The molecule has 2 rings (SSSR count). The molecule has 0 amide bonds. The van der Waals surface area contributed by atoms with E-state index in [1.807, 2.05) is 30.3 Å². The fourth-order valence-electron chi connectivity index (χ4n) is 2.30. The summed E-state index contributed by atoms with van der Waals surface area (Å²) in [5.41, 5.74) is 1.32. The van der Waals surface area contributed by atoms with Gasteiger partial charge in [-0.1, -0.05) is 18.2 Å². The van der Waals surface area contributed by atoms with E-state index in [-0.39, 0.29) is 17.7 Å². The van der Waals surface area contributed by atoms with Crippen molar-refractivity contribution in [3.05, 3.63) is 59.6 Å². The number of hydrogen-bond donors (Lipinski definition) is 2. The average Bonchev–Trinajstić information content (AvgIpc) is 3.01. The van der Waals surface area contributed by atoms with Gasteiger partial charge in [-0.25, -0.2) is 4.68 Å². The van der Waals surface area contributed by atoms with Crippen molar-refractivity contribution < 1.29 is 19.4 Å². The Bertz CT molecular complexity index is 806. The number of ketones is 1. The number of nitrogens with zero attached hydrogens (tertiary/aromatic N) is 2. The molecule has 2 aromatic rings. The molecule has 0 bridgehead atoms. The molecule has 1 aromatic heterocycles. The van der Waals surface area contributed by atoms with Crippen LogP contribution in [0, 0.1) is 5.41 Å². The van der Waals surface area contributed by atoms with Gasteiger partial charge in [-0.15, -0.1) is 0 Å². The first-order valence-electron chi connectivity index (χ1n) is 7.61. The number of benzene rings is 1. The third kappa shape index (κ3) is 4.87. The fraction of sp³-hybridized carbons (Fsp3) is 0.222. The number of Topliss-reactive ketones (excluding diaryl/α,β-unsaturated/α-hetero) is 1. The number of hydrogen-bond acceptors (Lipinski definition) is 6. The third-order valence-corrected chi connectivity index (χ3v) is 3.39. The first-order valence-corrected chi connectivity index (χ1v) is 7.61. The summed E-state index contributed by atoms with van der Waals surface area (Å²) in [5, 5.41) is 21.5. The van der Waals surface area contributed by atoms with Gasteiger partial charge in [-0.05, 0) is 26.0 Å². The van der Waals surface area contributed by atoms with Crippen LogP contribution in [0.25, 0.3) is 5.69 Å². The SMILES string of the molecule is CC(=N)/C(C(C)=O)=C(\O)COC(=O)Cc1cnn(-c2ccccc2)c1. The number of carbonyl (C=O) groups excluding carboxylic acids is 2. The van der Waals surface area contributed by atoms with E-state index in [9.17, 15) is 14.7 Å². The molecule has 0 radical (unpaired) electrons. The summed E-state index contributed by atoms with van der Waals surface area (Å²) in [7, 11) is 0. The molecule has 0 saturated heterocycles.